The van der Waals surface area contributed by atoms with Gasteiger partial charge in [0.05, 0.1) is 19.1 Å². The molecule has 126 valence electrons. The Bertz CT molecular complexity index is 549. The predicted molar refractivity (Wildman–Crippen MR) is 88.1 cm³/mol. The van der Waals surface area contributed by atoms with E-state index in [1.54, 1.807) is 0 Å². The lowest BCUT2D eigenvalue weighted by atomic mass is 10.0. The van der Waals surface area contributed by atoms with Gasteiger partial charge < -0.3 is 15.7 Å². The molecule has 0 saturated carbocycles. The number of likely N-dealkylation sites (tertiary alicyclic amines) is 1. The van der Waals surface area contributed by atoms with Crippen molar-refractivity contribution < 1.29 is 14.7 Å². The normalized spacial score (nSPS) is 22.7. The van der Waals surface area contributed by atoms with Gasteiger partial charge in [-0.2, -0.15) is 0 Å². The highest BCUT2D eigenvalue weighted by Gasteiger charge is 2.34. The van der Waals surface area contributed by atoms with Crippen LogP contribution in [0.15, 0.2) is 30.3 Å². The van der Waals surface area contributed by atoms with Gasteiger partial charge in [0.1, 0.15) is 0 Å². The Morgan fingerprint density at radius 2 is 2.04 bits per heavy atom. The molecule has 3 N–H and O–H groups in total. The van der Waals surface area contributed by atoms with Gasteiger partial charge in [-0.3, -0.25) is 14.5 Å². The van der Waals surface area contributed by atoms with Crippen molar-refractivity contribution in [2.45, 2.75) is 31.8 Å². The van der Waals surface area contributed by atoms with Crippen molar-refractivity contribution in [2.75, 3.05) is 26.2 Å². The molecule has 1 fully saturated rings. The van der Waals surface area contributed by atoms with Gasteiger partial charge >= 0.3 is 5.97 Å². The maximum absolute atomic E-state index is 12.2. The van der Waals surface area contributed by atoms with Crippen molar-refractivity contribution in [3.63, 3.8) is 0 Å². The van der Waals surface area contributed by atoms with Crippen molar-refractivity contribution in [3.8, 4) is 0 Å². The van der Waals surface area contributed by atoms with Gasteiger partial charge in [-0.25, -0.2) is 0 Å². The highest BCUT2D eigenvalue weighted by molar-refractivity contribution is 5.78. The molecule has 0 aliphatic carbocycles. The van der Waals surface area contributed by atoms with Gasteiger partial charge in [0.2, 0.25) is 5.91 Å². The van der Waals surface area contributed by atoms with Crippen LogP contribution in [0.1, 0.15) is 31.9 Å². The number of hydrogen-bond acceptors (Lipinski definition) is 4. The summed E-state index contributed by atoms with van der Waals surface area (Å²) >= 11 is 0. The minimum absolute atomic E-state index is 0.0103. The molecular formula is C17H25N3O3. The molecular weight excluding hydrogens is 294 g/mol. The van der Waals surface area contributed by atoms with Crippen molar-refractivity contribution >= 4 is 11.9 Å². The molecule has 1 aromatic carbocycles. The molecule has 2 atom stereocenters. The summed E-state index contributed by atoms with van der Waals surface area (Å²) in [5.41, 5.74) is 0.833. The van der Waals surface area contributed by atoms with Crippen LogP contribution in [0.2, 0.25) is 0 Å². The predicted octanol–water partition coefficient (Wildman–Crippen LogP) is 1.00. The Labute approximate surface area is 136 Å². The van der Waals surface area contributed by atoms with E-state index < -0.39 is 5.97 Å². The van der Waals surface area contributed by atoms with Crippen LogP contribution in [0.5, 0.6) is 0 Å². The molecule has 0 spiro atoms. The zero-order valence-corrected chi connectivity index (χ0v) is 13.7. The molecule has 6 nitrogen and oxygen atoms in total. The van der Waals surface area contributed by atoms with E-state index in [9.17, 15) is 9.59 Å². The van der Waals surface area contributed by atoms with Crippen LogP contribution in [0, 0.1) is 0 Å². The second-order valence-corrected chi connectivity index (χ2v) is 6.47. The number of rotatable bonds is 7. The average Bonchev–Trinajstić information content (AvgIpc) is 2.87. The summed E-state index contributed by atoms with van der Waals surface area (Å²) in [6, 6.07) is 9.83. The van der Waals surface area contributed by atoms with Crippen LogP contribution in [-0.4, -0.2) is 53.6 Å². The monoisotopic (exact) mass is 319 g/mol. The zero-order chi connectivity index (χ0) is 16.9. The number of nitrogens with zero attached hydrogens (tertiary/aromatic N) is 1. The molecule has 0 aromatic heterocycles. The van der Waals surface area contributed by atoms with Gasteiger partial charge in [-0.1, -0.05) is 30.3 Å². The number of amides is 1. The van der Waals surface area contributed by atoms with E-state index in [1.807, 2.05) is 44.2 Å². The van der Waals surface area contributed by atoms with Crippen LogP contribution in [-0.2, 0) is 9.59 Å². The van der Waals surface area contributed by atoms with Crippen molar-refractivity contribution in [1.29, 1.82) is 0 Å². The Morgan fingerprint density at radius 3 is 2.70 bits per heavy atom. The third kappa shape index (κ3) is 5.33. The SMILES string of the molecule is C[C@@H](NC(=O)CN1CC[C@](C)(NCC(=O)O)C1)c1ccccc1. The molecule has 1 aromatic rings. The van der Waals surface area contributed by atoms with Gasteiger partial charge in [-0.15, -0.1) is 0 Å². The fourth-order valence-corrected chi connectivity index (χ4v) is 2.94. The first-order valence-corrected chi connectivity index (χ1v) is 7.91. The summed E-state index contributed by atoms with van der Waals surface area (Å²) in [6.45, 7) is 5.71. The molecule has 2 rings (SSSR count). The van der Waals surface area contributed by atoms with Gasteiger partial charge in [0.25, 0.3) is 0 Å². The first kappa shape index (κ1) is 17.4. The minimum atomic E-state index is -0.862. The standard InChI is InChI=1S/C17H25N3O3/c1-13(14-6-4-3-5-7-14)19-15(21)11-20-9-8-17(2,12-20)18-10-16(22)23/h3-7,13,18H,8-12H2,1-2H3,(H,19,21)(H,22,23)/t13-,17+/m1/s1. The molecule has 0 bridgehead atoms. The average molecular weight is 319 g/mol. The van der Waals surface area contributed by atoms with Crippen LogP contribution >= 0.6 is 0 Å². The van der Waals surface area contributed by atoms with Crippen LogP contribution < -0.4 is 10.6 Å². The third-order valence-corrected chi connectivity index (χ3v) is 4.26. The lowest BCUT2D eigenvalue weighted by Gasteiger charge is -2.25. The number of carboxylic acids is 1. The van der Waals surface area contributed by atoms with Gasteiger partial charge in [0, 0.05) is 18.6 Å². The quantitative estimate of drug-likeness (QED) is 0.698. The van der Waals surface area contributed by atoms with Crippen molar-refractivity contribution in [3.05, 3.63) is 35.9 Å². The fraction of sp³-hybridized carbons (Fsp3) is 0.529. The van der Waals surface area contributed by atoms with Gasteiger partial charge in [-0.05, 0) is 25.8 Å². The Kier molecular flexibility index (Phi) is 5.74. The number of carbonyl (C=O) groups is 2. The lowest BCUT2D eigenvalue weighted by molar-refractivity contribution is -0.136. The van der Waals surface area contributed by atoms with Crippen molar-refractivity contribution in [1.82, 2.24) is 15.5 Å². The molecule has 1 aliphatic rings. The molecule has 1 heterocycles. The number of hydrogen-bond donors (Lipinski definition) is 3. The number of benzene rings is 1. The van der Waals surface area contributed by atoms with E-state index in [0.29, 0.717) is 13.1 Å². The molecule has 6 heteroatoms. The number of nitrogens with one attached hydrogen (secondary N) is 2. The molecule has 1 amide bonds. The van der Waals surface area contributed by atoms with E-state index >= 15 is 0 Å². The van der Waals surface area contributed by atoms with Gasteiger partial charge in [0.15, 0.2) is 0 Å². The molecule has 0 unspecified atom stereocenters. The first-order valence-electron chi connectivity index (χ1n) is 7.91. The summed E-state index contributed by atoms with van der Waals surface area (Å²) in [5.74, 6) is -0.872. The largest absolute Gasteiger partial charge is 0.480 e. The second-order valence-electron chi connectivity index (χ2n) is 6.47. The number of carboxylic acid groups (broad SMARTS) is 1. The first-order chi connectivity index (χ1) is 10.9. The summed E-state index contributed by atoms with van der Waals surface area (Å²) in [4.78, 5) is 24.9. The van der Waals surface area contributed by atoms with Crippen molar-refractivity contribution in [2.24, 2.45) is 0 Å². The van der Waals surface area contributed by atoms with E-state index in [-0.39, 0.29) is 24.0 Å². The Balaban J connectivity index is 1.79. The minimum Gasteiger partial charge on any atom is -0.480 e. The highest BCUT2D eigenvalue weighted by Crippen LogP contribution is 2.20. The summed E-state index contributed by atoms with van der Waals surface area (Å²) in [6.07, 6.45) is 0.835. The van der Waals surface area contributed by atoms with E-state index in [4.69, 9.17) is 5.11 Å². The summed E-state index contributed by atoms with van der Waals surface area (Å²) < 4.78 is 0. The smallest absolute Gasteiger partial charge is 0.317 e. The maximum Gasteiger partial charge on any atom is 0.317 e. The zero-order valence-electron chi connectivity index (χ0n) is 13.7. The topological polar surface area (TPSA) is 81.7 Å². The number of carbonyl (C=O) groups excluding carboxylic acids is 1. The summed E-state index contributed by atoms with van der Waals surface area (Å²) in [7, 11) is 0. The molecule has 1 saturated heterocycles. The van der Waals surface area contributed by atoms with E-state index in [0.717, 1.165) is 18.5 Å². The lowest BCUT2D eigenvalue weighted by Crippen LogP contribution is -2.47. The number of aliphatic carboxylic acids is 1. The maximum atomic E-state index is 12.2. The second kappa shape index (κ2) is 7.57. The van der Waals surface area contributed by atoms with E-state index in [1.165, 1.54) is 0 Å². The third-order valence-electron chi connectivity index (χ3n) is 4.26. The van der Waals surface area contributed by atoms with Crippen LogP contribution in [0.25, 0.3) is 0 Å². The Morgan fingerprint density at radius 1 is 1.35 bits per heavy atom. The molecule has 0 radical (unpaired) electrons. The highest BCUT2D eigenvalue weighted by atomic mass is 16.4. The Hall–Kier alpha value is -1.92. The fourth-order valence-electron chi connectivity index (χ4n) is 2.94. The molecule has 1 aliphatic heterocycles. The van der Waals surface area contributed by atoms with Crippen LogP contribution in [0.3, 0.4) is 0 Å². The summed E-state index contributed by atoms with van der Waals surface area (Å²) in [5, 5.41) is 14.8. The molecule has 23 heavy (non-hydrogen) atoms. The van der Waals surface area contributed by atoms with E-state index in [2.05, 4.69) is 15.5 Å². The van der Waals surface area contributed by atoms with Crippen LogP contribution in [0.4, 0.5) is 0 Å².